The van der Waals surface area contributed by atoms with E-state index in [2.05, 4.69) is 0 Å². The average molecular weight is 320 g/mol. The van der Waals surface area contributed by atoms with Gasteiger partial charge in [0.25, 0.3) is 0 Å². The minimum atomic E-state index is -3.55. The molecule has 22 heavy (non-hydrogen) atoms. The van der Waals surface area contributed by atoms with Crippen molar-refractivity contribution in [3.05, 3.63) is 53.6 Å². The molecule has 2 aromatic carbocycles. The van der Waals surface area contributed by atoms with Gasteiger partial charge >= 0.3 is 0 Å². The SMILES string of the molecule is COc1cc(C=O)c(CS(=O)(=O)c2ccccc2)cc1OC. The Morgan fingerprint density at radius 2 is 1.59 bits per heavy atom. The van der Waals surface area contributed by atoms with E-state index in [9.17, 15) is 13.2 Å². The van der Waals surface area contributed by atoms with Crippen molar-refractivity contribution >= 4 is 16.1 Å². The molecule has 0 aliphatic heterocycles. The van der Waals surface area contributed by atoms with E-state index in [0.29, 0.717) is 23.3 Å². The first-order chi connectivity index (χ1) is 10.5. The molecule has 5 nitrogen and oxygen atoms in total. The highest BCUT2D eigenvalue weighted by molar-refractivity contribution is 7.90. The molecule has 0 unspecified atom stereocenters. The summed E-state index contributed by atoms with van der Waals surface area (Å²) in [4.78, 5) is 11.4. The Kier molecular flexibility index (Phi) is 4.82. The van der Waals surface area contributed by atoms with Gasteiger partial charge < -0.3 is 9.47 Å². The van der Waals surface area contributed by atoms with Crippen molar-refractivity contribution in [2.75, 3.05) is 14.2 Å². The van der Waals surface area contributed by atoms with E-state index in [1.807, 2.05) is 0 Å². The Balaban J connectivity index is 2.47. The van der Waals surface area contributed by atoms with Crippen LogP contribution in [0.15, 0.2) is 47.4 Å². The number of aldehydes is 1. The van der Waals surface area contributed by atoms with Crippen molar-refractivity contribution in [3.63, 3.8) is 0 Å². The number of hydrogen-bond donors (Lipinski definition) is 0. The number of carbonyl (C=O) groups is 1. The lowest BCUT2D eigenvalue weighted by molar-refractivity contribution is 0.112. The summed E-state index contributed by atoms with van der Waals surface area (Å²) in [6.45, 7) is 0. The van der Waals surface area contributed by atoms with Crippen molar-refractivity contribution < 1.29 is 22.7 Å². The van der Waals surface area contributed by atoms with Gasteiger partial charge in [0.1, 0.15) is 0 Å². The third-order valence-electron chi connectivity index (χ3n) is 3.22. The Morgan fingerprint density at radius 1 is 1.00 bits per heavy atom. The minimum absolute atomic E-state index is 0.210. The molecule has 6 heteroatoms. The van der Waals surface area contributed by atoms with Crippen LogP contribution in [0.1, 0.15) is 15.9 Å². The Morgan fingerprint density at radius 3 is 2.14 bits per heavy atom. The summed E-state index contributed by atoms with van der Waals surface area (Å²) in [6, 6.07) is 11.1. The maximum absolute atomic E-state index is 12.4. The number of carbonyl (C=O) groups excluding carboxylic acids is 1. The highest BCUT2D eigenvalue weighted by Gasteiger charge is 2.19. The lowest BCUT2D eigenvalue weighted by atomic mass is 10.1. The summed E-state index contributed by atoms with van der Waals surface area (Å²) < 4.78 is 35.1. The number of sulfone groups is 1. The third kappa shape index (κ3) is 3.28. The molecule has 0 atom stereocenters. The molecule has 0 bridgehead atoms. The van der Waals surface area contributed by atoms with Crippen LogP contribution in [0.25, 0.3) is 0 Å². The van der Waals surface area contributed by atoms with Crippen LogP contribution in [0.2, 0.25) is 0 Å². The number of benzene rings is 2. The van der Waals surface area contributed by atoms with Gasteiger partial charge in [-0.15, -0.1) is 0 Å². The van der Waals surface area contributed by atoms with Crippen LogP contribution in [0.5, 0.6) is 11.5 Å². The van der Waals surface area contributed by atoms with Gasteiger partial charge in [-0.3, -0.25) is 4.79 Å². The molecular formula is C16H16O5S. The van der Waals surface area contributed by atoms with Crippen LogP contribution in [0.3, 0.4) is 0 Å². The van der Waals surface area contributed by atoms with Crippen molar-refractivity contribution in [2.45, 2.75) is 10.6 Å². The maximum atomic E-state index is 12.4. The molecule has 0 saturated carbocycles. The summed E-state index contributed by atoms with van der Waals surface area (Å²) >= 11 is 0. The molecule has 2 aromatic rings. The topological polar surface area (TPSA) is 69.7 Å². The fourth-order valence-corrected chi connectivity index (χ4v) is 3.49. The zero-order chi connectivity index (χ0) is 16.2. The van der Waals surface area contributed by atoms with Crippen LogP contribution in [-0.2, 0) is 15.6 Å². The molecule has 0 amide bonds. The van der Waals surface area contributed by atoms with E-state index in [4.69, 9.17) is 9.47 Å². The van der Waals surface area contributed by atoms with Gasteiger partial charge in [-0.2, -0.15) is 0 Å². The van der Waals surface area contributed by atoms with Gasteiger partial charge in [0.05, 0.1) is 24.9 Å². The quantitative estimate of drug-likeness (QED) is 0.765. The molecule has 0 radical (unpaired) electrons. The fourth-order valence-electron chi connectivity index (χ4n) is 2.09. The highest BCUT2D eigenvalue weighted by atomic mass is 32.2. The number of rotatable bonds is 6. The number of ether oxygens (including phenoxy) is 2. The first-order valence-electron chi connectivity index (χ1n) is 6.49. The molecule has 0 spiro atoms. The smallest absolute Gasteiger partial charge is 0.182 e. The molecule has 0 fully saturated rings. The minimum Gasteiger partial charge on any atom is -0.493 e. The van der Waals surface area contributed by atoms with Crippen molar-refractivity contribution in [1.29, 1.82) is 0 Å². The number of methoxy groups -OCH3 is 2. The standard InChI is InChI=1S/C16H16O5S/c1-20-15-8-12(10-17)13(9-16(15)21-2)11-22(18,19)14-6-4-3-5-7-14/h3-10H,11H2,1-2H3. The van der Waals surface area contributed by atoms with Crippen LogP contribution in [0.4, 0.5) is 0 Å². The fraction of sp³-hybridized carbons (Fsp3) is 0.188. The largest absolute Gasteiger partial charge is 0.493 e. The van der Waals surface area contributed by atoms with Crippen molar-refractivity contribution in [3.8, 4) is 11.5 Å². The third-order valence-corrected chi connectivity index (χ3v) is 4.90. The molecule has 0 heterocycles. The predicted molar refractivity (Wildman–Crippen MR) is 82.3 cm³/mol. The molecule has 2 rings (SSSR count). The van der Waals surface area contributed by atoms with Gasteiger partial charge in [-0.1, -0.05) is 18.2 Å². The van der Waals surface area contributed by atoms with Crippen molar-refractivity contribution in [1.82, 2.24) is 0 Å². The van der Waals surface area contributed by atoms with E-state index in [1.165, 1.54) is 38.5 Å². The second-order valence-corrected chi connectivity index (χ2v) is 6.59. The molecule has 0 aromatic heterocycles. The van der Waals surface area contributed by atoms with Gasteiger partial charge in [-0.05, 0) is 29.8 Å². The predicted octanol–water partition coefficient (Wildman–Crippen LogP) is 2.49. The summed E-state index contributed by atoms with van der Waals surface area (Å²) in [6.07, 6.45) is 0.609. The monoisotopic (exact) mass is 320 g/mol. The first-order valence-corrected chi connectivity index (χ1v) is 8.15. The molecule has 0 aliphatic rings. The van der Waals surface area contributed by atoms with E-state index in [1.54, 1.807) is 18.2 Å². The maximum Gasteiger partial charge on any atom is 0.182 e. The molecular weight excluding hydrogens is 304 g/mol. The van der Waals surface area contributed by atoms with Crippen LogP contribution >= 0.6 is 0 Å². The molecule has 0 N–H and O–H groups in total. The summed E-state index contributed by atoms with van der Waals surface area (Å²) in [5.41, 5.74) is 0.633. The molecule has 116 valence electrons. The van der Waals surface area contributed by atoms with E-state index in [-0.39, 0.29) is 16.2 Å². The van der Waals surface area contributed by atoms with Crippen LogP contribution in [-0.4, -0.2) is 28.9 Å². The summed E-state index contributed by atoms with van der Waals surface area (Å²) in [5.74, 6) is 0.475. The Hall–Kier alpha value is -2.34. The average Bonchev–Trinajstić information content (AvgIpc) is 2.55. The second kappa shape index (κ2) is 6.62. The Bertz CT molecular complexity index is 767. The van der Waals surface area contributed by atoms with E-state index < -0.39 is 9.84 Å². The Labute approximate surface area is 129 Å². The van der Waals surface area contributed by atoms with Gasteiger partial charge in [0, 0.05) is 5.56 Å². The lowest BCUT2D eigenvalue weighted by Gasteiger charge is -2.12. The highest BCUT2D eigenvalue weighted by Crippen LogP contribution is 2.31. The van der Waals surface area contributed by atoms with Crippen molar-refractivity contribution in [2.24, 2.45) is 0 Å². The zero-order valence-electron chi connectivity index (χ0n) is 12.3. The normalized spacial score (nSPS) is 11.0. The zero-order valence-corrected chi connectivity index (χ0v) is 13.1. The first kappa shape index (κ1) is 16.0. The van der Waals surface area contributed by atoms with E-state index in [0.717, 1.165) is 0 Å². The number of hydrogen-bond acceptors (Lipinski definition) is 5. The second-order valence-electron chi connectivity index (χ2n) is 4.60. The van der Waals surface area contributed by atoms with Gasteiger partial charge in [0.15, 0.2) is 27.6 Å². The lowest BCUT2D eigenvalue weighted by Crippen LogP contribution is -2.07. The summed E-state index contributed by atoms with van der Waals surface area (Å²) in [7, 11) is -0.642. The van der Waals surface area contributed by atoms with Gasteiger partial charge in [0.2, 0.25) is 0 Å². The molecule has 0 saturated heterocycles. The summed E-state index contributed by atoms with van der Waals surface area (Å²) in [5, 5.41) is 0. The van der Waals surface area contributed by atoms with E-state index >= 15 is 0 Å². The van der Waals surface area contributed by atoms with Crippen LogP contribution < -0.4 is 9.47 Å². The van der Waals surface area contributed by atoms with Crippen LogP contribution in [0, 0.1) is 0 Å². The molecule has 0 aliphatic carbocycles. The van der Waals surface area contributed by atoms with Gasteiger partial charge in [-0.25, -0.2) is 8.42 Å².